The number of rotatable bonds is 56. The highest BCUT2D eigenvalue weighted by Gasteiger charge is 1.99. The minimum Gasteiger partial charge on any atom is -0.502 e. The molecule has 0 atom stereocenters. The molecule has 0 aromatic heterocycles. The Morgan fingerprint density at radius 2 is 0.322 bits per heavy atom. The molecule has 0 spiro atoms. The third kappa shape index (κ3) is 57.5. The van der Waals surface area contributed by atoms with E-state index in [-0.39, 0.29) is 0 Å². The second kappa shape index (κ2) is 57.5. The highest BCUT2D eigenvalue weighted by atomic mass is 16.5. The lowest BCUT2D eigenvalue weighted by molar-refractivity contribution is 0.241. The molecule has 0 aliphatic carbocycles. The lowest BCUT2D eigenvalue weighted by atomic mass is 10.0. The molecule has 0 heterocycles. The van der Waals surface area contributed by atoms with E-state index in [9.17, 15) is 0 Å². The summed E-state index contributed by atoms with van der Waals surface area (Å²) < 4.78 is 5.19. The quantitative estimate of drug-likeness (QED) is 0.0438. The zero-order valence-electron chi connectivity index (χ0n) is 41.6. The van der Waals surface area contributed by atoms with Crippen molar-refractivity contribution in [3.63, 3.8) is 0 Å². The number of hydrogen-bond donors (Lipinski definition) is 0. The standard InChI is InChI=1S/C58H116O/c1-3-5-6-7-8-9-10-11-12-13-14-15-16-17-18-19-20-21-22-23-24-25-26-27-28-29-30-31-32-33-34-35-36-37-38-39-40-41-42-43-44-45-46-47-48-49-50-51-52-53-54-55-56-57-58-59-4-2/h4H,2-3,5-58H2,1H3. The Morgan fingerprint density at radius 1 is 0.203 bits per heavy atom. The maximum absolute atomic E-state index is 5.19. The Labute approximate surface area is 376 Å². The van der Waals surface area contributed by atoms with Crippen molar-refractivity contribution >= 4 is 0 Å². The number of ether oxygens (including phenoxy) is 1. The van der Waals surface area contributed by atoms with Crippen molar-refractivity contribution in [2.24, 2.45) is 0 Å². The summed E-state index contributed by atoms with van der Waals surface area (Å²) in [5, 5.41) is 0. The molecule has 0 aromatic carbocycles. The van der Waals surface area contributed by atoms with Gasteiger partial charge >= 0.3 is 0 Å². The van der Waals surface area contributed by atoms with Crippen LogP contribution >= 0.6 is 0 Å². The Bertz CT molecular complexity index is 699. The summed E-state index contributed by atoms with van der Waals surface area (Å²) in [7, 11) is 0. The molecule has 59 heavy (non-hydrogen) atoms. The van der Waals surface area contributed by atoms with E-state index < -0.39 is 0 Å². The van der Waals surface area contributed by atoms with Gasteiger partial charge < -0.3 is 4.74 Å². The topological polar surface area (TPSA) is 9.23 Å². The van der Waals surface area contributed by atoms with Crippen molar-refractivity contribution in [3.8, 4) is 0 Å². The Morgan fingerprint density at radius 3 is 0.441 bits per heavy atom. The molecule has 0 unspecified atom stereocenters. The van der Waals surface area contributed by atoms with Gasteiger partial charge in [0.2, 0.25) is 0 Å². The van der Waals surface area contributed by atoms with Crippen molar-refractivity contribution in [2.75, 3.05) is 6.61 Å². The van der Waals surface area contributed by atoms with E-state index in [1.807, 2.05) is 0 Å². The molecular weight excluding hydrogens is 713 g/mol. The fourth-order valence-electron chi connectivity index (χ4n) is 9.53. The summed E-state index contributed by atoms with van der Waals surface area (Å²) >= 11 is 0. The van der Waals surface area contributed by atoms with E-state index >= 15 is 0 Å². The van der Waals surface area contributed by atoms with Crippen LogP contribution in [0.1, 0.15) is 354 Å². The first-order valence-electron chi connectivity index (χ1n) is 28.6. The summed E-state index contributed by atoms with van der Waals surface area (Å²) in [4.78, 5) is 0. The summed E-state index contributed by atoms with van der Waals surface area (Å²) in [6, 6.07) is 0. The predicted molar refractivity (Wildman–Crippen MR) is 271 cm³/mol. The van der Waals surface area contributed by atoms with Crippen LogP contribution in [-0.4, -0.2) is 6.61 Å². The van der Waals surface area contributed by atoms with Crippen molar-refractivity contribution in [1.82, 2.24) is 0 Å². The normalized spacial score (nSPS) is 11.5. The van der Waals surface area contributed by atoms with Crippen LogP contribution in [0.15, 0.2) is 12.8 Å². The van der Waals surface area contributed by atoms with Gasteiger partial charge in [0.25, 0.3) is 0 Å². The summed E-state index contributed by atoms with van der Waals surface area (Å²) in [6.45, 7) is 6.76. The summed E-state index contributed by atoms with van der Waals surface area (Å²) in [6.07, 6.45) is 81.1. The Kier molecular flexibility index (Phi) is 57.1. The first kappa shape index (κ1) is 58.5. The first-order chi connectivity index (χ1) is 29.4. The molecular formula is C58H116O. The lowest BCUT2D eigenvalue weighted by Gasteiger charge is -2.05. The van der Waals surface area contributed by atoms with E-state index in [0.717, 1.165) is 6.61 Å². The van der Waals surface area contributed by atoms with Crippen LogP contribution in [0.25, 0.3) is 0 Å². The minimum atomic E-state index is 0.851. The molecule has 0 fully saturated rings. The highest BCUT2D eigenvalue weighted by molar-refractivity contribution is 4.55. The molecule has 0 saturated carbocycles. The van der Waals surface area contributed by atoms with Gasteiger partial charge in [-0.3, -0.25) is 0 Å². The molecule has 0 radical (unpaired) electrons. The van der Waals surface area contributed by atoms with Gasteiger partial charge in [0, 0.05) is 0 Å². The fraction of sp³-hybridized carbons (Fsp3) is 0.966. The first-order valence-corrected chi connectivity index (χ1v) is 28.6. The van der Waals surface area contributed by atoms with Gasteiger partial charge in [-0.15, -0.1) is 0 Å². The van der Waals surface area contributed by atoms with Crippen molar-refractivity contribution < 1.29 is 4.74 Å². The van der Waals surface area contributed by atoms with E-state index in [1.165, 1.54) is 347 Å². The second-order valence-electron chi connectivity index (χ2n) is 19.8. The van der Waals surface area contributed by atoms with Crippen LogP contribution in [0.3, 0.4) is 0 Å². The Hall–Kier alpha value is -0.460. The van der Waals surface area contributed by atoms with Gasteiger partial charge in [0.1, 0.15) is 0 Å². The van der Waals surface area contributed by atoms with Crippen LogP contribution in [0.4, 0.5) is 0 Å². The van der Waals surface area contributed by atoms with Gasteiger partial charge in [-0.05, 0) is 6.42 Å². The largest absolute Gasteiger partial charge is 0.502 e. The van der Waals surface area contributed by atoms with Gasteiger partial charge in [0.05, 0.1) is 12.9 Å². The van der Waals surface area contributed by atoms with Gasteiger partial charge in [0.15, 0.2) is 0 Å². The molecule has 0 bridgehead atoms. The van der Waals surface area contributed by atoms with E-state index in [0.29, 0.717) is 0 Å². The van der Waals surface area contributed by atoms with Gasteiger partial charge in [-0.1, -0.05) is 354 Å². The molecule has 0 amide bonds. The van der Waals surface area contributed by atoms with Crippen LogP contribution < -0.4 is 0 Å². The van der Waals surface area contributed by atoms with E-state index in [1.54, 1.807) is 6.26 Å². The van der Waals surface area contributed by atoms with Crippen molar-refractivity contribution in [3.05, 3.63) is 12.8 Å². The van der Waals surface area contributed by atoms with Crippen LogP contribution in [0.5, 0.6) is 0 Å². The summed E-state index contributed by atoms with van der Waals surface area (Å²) in [5.41, 5.74) is 0. The molecule has 0 aliphatic rings. The molecule has 0 aliphatic heterocycles. The predicted octanol–water partition coefficient (Wildman–Crippen LogP) is 22.2. The third-order valence-corrected chi connectivity index (χ3v) is 13.7. The van der Waals surface area contributed by atoms with E-state index in [4.69, 9.17) is 4.74 Å². The molecule has 0 N–H and O–H groups in total. The molecule has 1 nitrogen and oxygen atoms in total. The number of hydrogen-bond acceptors (Lipinski definition) is 1. The molecule has 0 aromatic rings. The lowest BCUT2D eigenvalue weighted by Crippen LogP contribution is -1.87. The third-order valence-electron chi connectivity index (χ3n) is 13.7. The van der Waals surface area contributed by atoms with Crippen LogP contribution in [0.2, 0.25) is 0 Å². The highest BCUT2D eigenvalue weighted by Crippen LogP contribution is 2.19. The zero-order valence-corrected chi connectivity index (χ0v) is 41.6. The van der Waals surface area contributed by atoms with Crippen LogP contribution in [-0.2, 0) is 4.74 Å². The Balaban J connectivity index is 3.06. The fourth-order valence-corrected chi connectivity index (χ4v) is 9.53. The maximum Gasteiger partial charge on any atom is 0.0873 e. The second-order valence-corrected chi connectivity index (χ2v) is 19.8. The average Bonchev–Trinajstić information content (AvgIpc) is 3.25. The van der Waals surface area contributed by atoms with Crippen molar-refractivity contribution in [2.45, 2.75) is 354 Å². The zero-order chi connectivity index (χ0) is 42.3. The number of unbranched alkanes of at least 4 members (excludes halogenated alkanes) is 53. The van der Waals surface area contributed by atoms with E-state index in [2.05, 4.69) is 13.5 Å². The molecule has 0 rings (SSSR count). The average molecular weight is 830 g/mol. The summed E-state index contributed by atoms with van der Waals surface area (Å²) in [5.74, 6) is 0. The van der Waals surface area contributed by atoms with Gasteiger partial charge in [-0.25, -0.2) is 0 Å². The minimum absolute atomic E-state index is 0.851. The van der Waals surface area contributed by atoms with Gasteiger partial charge in [-0.2, -0.15) is 0 Å². The van der Waals surface area contributed by atoms with Crippen LogP contribution in [0, 0.1) is 0 Å². The SMILES string of the molecule is C=COCCCCCCCCCCCCCCCCCCCCCCCCCCCCCCCCCCCCCCCCCCCCCCCCCCCCCCCC. The molecule has 354 valence electrons. The molecule has 0 saturated heterocycles. The maximum atomic E-state index is 5.19. The smallest absolute Gasteiger partial charge is 0.0873 e. The molecule has 1 heteroatoms. The monoisotopic (exact) mass is 829 g/mol. The van der Waals surface area contributed by atoms with Crippen molar-refractivity contribution in [1.29, 1.82) is 0 Å².